The van der Waals surface area contributed by atoms with Gasteiger partial charge in [0.2, 0.25) is 0 Å². The quantitative estimate of drug-likeness (QED) is 0.802. The van der Waals surface area contributed by atoms with Crippen molar-refractivity contribution in [3.8, 4) is 0 Å². The largest absolute Gasteiger partial charge is 0.381 e. The van der Waals surface area contributed by atoms with E-state index in [1.54, 1.807) is 6.20 Å². The number of rotatable bonds is 3. The highest BCUT2D eigenvalue weighted by Gasteiger charge is 2.18. The Bertz CT molecular complexity index is 802. The Balaban J connectivity index is 1.49. The number of ether oxygens (including phenoxy) is 1. The molecule has 6 nitrogen and oxygen atoms in total. The summed E-state index contributed by atoms with van der Waals surface area (Å²) in [6.07, 6.45) is 5.46. The first-order valence-corrected chi connectivity index (χ1v) is 8.40. The van der Waals surface area contributed by atoms with E-state index in [0.717, 1.165) is 36.3 Å². The minimum absolute atomic E-state index is 0.197. The van der Waals surface area contributed by atoms with Gasteiger partial charge in [-0.3, -0.25) is 9.48 Å². The Morgan fingerprint density at radius 1 is 1.30 bits per heavy atom. The second kappa shape index (κ2) is 6.10. The van der Waals surface area contributed by atoms with Crippen molar-refractivity contribution >= 4 is 33.1 Å². The number of carbonyl (C=O) groups is 1. The van der Waals surface area contributed by atoms with Gasteiger partial charge >= 0.3 is 0 Å². The van der Waals surface area contributed by atoms with Crippen molar-refractivity contribution in [3.05, 3.63) is 41.7 Å². The van der Waals surface area contributed by atoms with Gasteiger partial charge in [-0.15, -0.1) is 11.3 Å². The van der Waals surface area contributed by atoms with Crippen LogP contribution in [-0.2, 0) is 4.74 Å². The minimum Gasteiger partial charge on any atom is -0.381 e. The van der Waals surface area contributed by atoms with E-state index in [0.29, 0.717) is 16.7 Å². The van der Waals surface area contributed by atoms with E-state index >= 15 is 0 Å². The molecule has 1 amide bonds. The third-order valence-corrected chi connectivity index (χ3v) is 4.95. The van der Waals surface area contributed by atoms with Gasteiger partial charge in [0.05, 0.1) is 28.1 Å². The molecule has 1 fully saturated rings. The molecule has 3 aromatic rings. The van der Waals surface area contributed by atoms with Gasteiger partial charge in [-0.1, -0.05) is 12.1 Å². The number of hydrogen-bond acceptors (Lipinski definition) is 5. The summed E-state index contributed by atoms with van der Waals surface area (Å²) < 4.78 is 8.28. The normalized spacial score (nSPS) is 15.8. The number of carbonyl (C=O) groups excluding carboxylic acids is 1. The van der Waals surface area contributed by atoms with Gasteiger partial charge < -0.3 is 10.1 Å². The third kappa shape index (κ3) is 2.97. The summed E-state index contributed by atoms with van der Waals surface area (Å²) in [4.78, 5) is 16.7. The highest BCUT2D eigenvalue weighted by atomic mass is 32.1. The van der Waals surface area contributed by atoms with Crippen LogP contribution in [0.4, 0.5) is 5.69 Å². The van der Waals surface area contributed by atoms with Crippen LogP contribution < -0.4 is 5.32 Å². The minimum atomic E-state index is -0.197. The Labute approximate surface area is 137 Å². The molecule has 1 aliphatic heterocycles. The van der Waals surface area contributed by atoms with Crippen LogP contribution in [0, 0.1) is 0 Å². The van der Waals surface area contributed by atoms with E-state index in [2.05, 4.69) is 15.4 Å². The number of anilines is 1. The topological polar surface area (TPSA) is 69.0 Å². The van der Waals surface area contributed by atoms with Crippen molar-refractivity contribution in [1.29, 1.82) is 0 Å². The van der Waals surface area contributed by atoms with Crippen LogP contribution in [0.1, 0.15) is 28.7 Å². The molecular weight excluding hydrogens is 312 g/mol. The maximum Gasteiger partial charge on any atom is 0.284 e. The maximum atomic E-state index is 12.3. The molecule has 3 heterocycles. The van der Waals surface area contributed by atoms with Gasteiger partial charge in [0, 0.05) is 19.4 Å². The number of amides is 1. The van der Waals surface area contributed by atoms with Gasteiger partial charge in [0.15, 0.2) is 5.01 Å². The zero-order chi connectivity index (χ0) is 15.6. The Hall–Kier alpha value is -2.25. The molecule has 2 aromatic heterocycles. The van der Waals surface area contributed by atoms with Crippen LogP contribution >= 0.6 is 11.3 Å². The number of thiazole rings is 1. The van der Waals surface area contributed by atoms with E-state index < -0.39 is 0 Å². The number of benzene rings is 1. The fourth-order valence-corrected chi connectivity index (χ4v) is 3.57. The molecule has 1 aromatic carbocycles. The molecule has 1 saturated heterocycles. The number of nitrogens with zero attached hydrogens (tertiary/aromatic N) is 3. The van der Waals surface area contributed by atoms with Crippen LogP contribution in [0.5, 0.6) is 0 Å². The molecule has 0 spiro atoms. The van der Waals surface area contributed by atoms with Crippen molar-refractivity contribution < 1.29 is 9.53 Å². The van der Waals surface area contributed by atoms with Crippen LogP contribution in [0.3, 0.4) is 0 Å². The summed E-state index contributed by atoms with van der Waals surface area (Å²) in [5.74, 6) is -0.197. The number of hydrogen-bond donors (Lipinski definition) is 1. The molecule has 4 rings (SSSR count). The van der Waals surface area contributed by atoms with Gasteiger partial charge in [-0.25, -0.2) is 4.98 Å². The van der Waals surface area contributed by atoms with Gasteiger partial charge in [-0.2, -0.15) is 5.10 Å². The van der Waals surface area contributed by atoms with Crippen LogP contribution in [0.15, 0.2) is 36.7 Å². The van der Waals surface area contributed by atoms with E-state index in [1.165, 1.54) is 11.3 Å². The van der Waals surface area contributed by atoms with E-state index in [1.807, 2.05) is 35.1 Å². The highest BCUT2D eigenvalue weighted by molar-refractivity contribution is 7.20. The Morgan fingerprint density at radius 3 is 2.96 bits per heavy atom. The van der Waals surface area contributed by atoms with Gasteiger partial charge in [0.1, 0.15) is 0 Å². The first-order valence-electron chi connectivity index (χ1n) is 7.58. The van der Waals surface area contributed by atoms with Crippen LogP contribution in [0.25, 0.3) is 10.2 Å². The van der Waals surface area contributed by atoms with E-state index in [-0.39, 0.29) is 5.91 Å². The van der Waals surface area contributed by atoms with Crippen LogP contribution in [0.2, 0.25) is 0 Å². The first-order chi connectivity index (χ1) is 11.3. The molecule has 118 valence electrons. The lowest BCUT2D eigenvalue weighted by atomic mass is 10.1. The average Bonchev–Trinajstić information content (AvgIpc) is 3.22. The molecule has 0 bridgehead atoms. The maximum absolute atomic E-state index is 12.3. The van der Waals surface area contributed by atoms with Crippen molar-refractivity contribution in [2.45, 2.75) is 18.9 Å². The van der Waals surface area contributed by atoms with Crippen molar-refractivity contribution in [3.63, 3.8) is 0 Å². The van der Waals surface area contributed by atoms with Crippen molar-refractivity contribution in [2.75, 3.05) is 18.5 Å². The standard InChI is InChI=1S/C16H16N4O2S/c21-15(16-19-13-3-1-2-4-14(13)23-16)18-11-9-17-20(10-11)12-5-7-22-8-6-12/h1-4,9-10,12H,5-8H2,(H,18,21). The smallest absolute Gasteiger partial charge is 0.284 e. The molecule has 0 unspecified atom stereocenters. The van der Waals surface area contributed by atoms with Crippen LogP contribution in [-0.4, -0.2) is 33.9 Å². The molecule has 0 atom stereocenters. The van der Waals surface area contributed by atoms with Crippen molar-refractivity contribution in [2.24, 2.45) is 0 Å². The predicted molar refractivity (Wildman–Crippen MR) is 88.9 cm³/mol. The molecule has 0 radical (unpaired) electrons. The zero-order valence-corrected chi connectivity index (χ0v) is 13.3. The second-order valence-corrected chi connectivity index (χ2v) is 6.52. The first kappa shape index (κ1) is 14.3. The summed E-state index contributed by atoms with van der Waals surface area (Å²) >= 11 is 1.39. The van der Waals surface area contributed by atoms with Gasteiger partial charge in [-0.05, 0) is 25.0 Å². The summed E-state index contributed by atoms with van der Waals surface area (Å²) in [5, 5.41) is 7.69. The Morgan fingerprint density at radius 2 is 2.13 bits per heavy atom. The molecule has 23 heavy (non-hydrogen) atoms. The third-order valence-electron chi connectivity index (χ3n) is 3.91. The molecule has 0 saturated carbocycles. The number of para-hydroxylation sites is 1. The number of fused-ring (bicyclic) bond motifs is 1. The van der Waals surface area contributed by atoms with E-state index in [4.69, 9.17) is 4.74 Å². The average molecular weight is 328 g/mol. The number of aromatic nitrogens is 3. The molecule has 0 aliphatic carbocycles. The van der Waals surface area contributed by atoms with E-state index in [9.17, 15) is 4.79 Å². The molecule has 7 heteroatoms. The summed E-state index contributed by atoms with van der Waals surface area (Å²) in [6.45, 7) is 1.52. The fourth-order valence-electron chi connectivity index (χ4n) is 2.71. The predicted octanol–water partition coefficient (Wildman–Crippen LogP) is 3.10. The highest BCUT2D eigenvalue weighted by Crippen LogP contribution is 2.24. The lowest BCUT2D eigenvalue weighted by molar-refractivity contribution is 0.0662. The fraction of sp³-hybridized carbons (Fsp3) is 0.312. The SMILES string of the molecule is O=C(Nc1cnn(C2CCOCC2)c1)c1nc2ccccc2s1. The van der Waals surface area contributed by atoms with Gasteiger partial charge in [0.25, 0.3) is 5.91 Å². The van der Waals surface area contributed by atoms with Crippen molar-refractivity contribution in [1.82, 2.24) is 14.8 Å². The summed E-state index contributed by atoms with van der Waals surface area (Å²) in [5.41, 5.74) is 1.54. The monoisotopic (exact) mass is 328 g/mol. The Kier molecular flexibility index (Phi) is 3.80. The molecular formula is C16H16N4O2S. The molecule has 1 aliphatic rings. The lowest BCUT2D eigenvalue weighted by Gasteiger charge is -2.22. The second-order valence-electron chi connectivity index (χ2n) is 5.49. The summed E-state index contributed by atoms with van der Waals surface area (Å²) in [6, 6.07) is 8.08. The lowest BCUT2D eigenvalue weighted by Crippen LogP contribution is -2.19. The zero-order valence-electron chi connectivity index (χ0n) is 12.4. The summed E-state index contributed by atoms with van der Waals surface area (Å²) in [7, 11) is 0. The molecule has 1 N–H and O–H groups in total. The number of nitrogens with one attached hydrogen (secondary N) is 1.